The molecule has 1 amide bonds. The van der Waals surface area contributed by atoms with Crippen LogP contribution < -0.4 is 14.8 Å². The molecule has 1 aromatic carbocycles. The molecule has 1 rings (SSSR count). The summed E-state index contributed by atoms with van der Waals surface area (Å²) >= 11 is 0. The van der Waals surface area contributed by atoms with Gasteiger partial charge < -0.3 is 15.2 Å². The Morgan fingerprint density at radius 1 is 1.25 bits per heavy atom. The maximum atomic E-state index is 12.1. The van der Waals surface area contributed by atoms with E-state index in [0.717, 1.165) is 0 Å². The molecule has 0 heterocycles. The summed E-state index contributed by atoms with van der Waals surface area (Å²) in [7, 11) is -3.71. The number of carboxylic acids is 1. The first-order chi connectivity index (χ1) is 11.3. The van der Waals surface area contributed by atoms with Gasteiger partial charge in [-0.25, -0.2) is 13.1 Å². The number of nitrogens with one attached hydrogen (secondary N) is 2. The number of ether oxygens (including phenoxy) is 1. The van der Waals surface area contributed by atoms with Crippen molar-refractivity contribution >= 4 is 21.9 Å². The summed E-state index contributed by atoms with van der Waals surface area (Å²) in [6.45, 7) is 3.70. The standard InChI is InChI=1S/C15H22N2O6S/c1-3-23-12-4-6-13(7-5-12)24(21,22)17-9-8-14(18)16-10-11(2)15(19)20/h4-7,11,17H,3,8-10H2,1-2H3,(H,16,18)(H,19,20). The molecule has 0 aromatic heterocycles. The average molecular weight is 358 g/mol. The molecule has 1 atom stereocenters. The summed E-state index contributed by atoms with van der Waals surface area (Å²) in [6.07, 6.45) is -0.0808. The van der Waals surface area contributed by atoms with Crippen LogP contribution in [0.3, 0.4) is 0 Å². The monoisotopic (exact) mass is 358 g/mol. The van der Waals surface area contributed by atoms with E-state index in [1.165, 1.54) is 19.1 Å². The van der Waals surface area contributed by atoms with Crippen molar-refractivity contribution in [2.45, 2.75) is 25.2 Å². The minimum absolute atomic E-state index is 0.000191. The van der Waals surface area contributed by atoms with Crippen LogP contribution in [0.4, 0.5) is 0 Å². The van der Waals surface area contributed by atoms with Crippen LogP contribution in [0.1, 0.15) is 20.3 Å². The number of benzene rings is 1. The van der Waals surface area contributed by atoms with Crippen molar-refractivity contribution in [3.8, 4) is 5.75 Å². The van der Waals surface area contributed by atoms with Crippen molar-refractivity contribution in [1.29, 1.82) is 0 Å². The second kappa shape index (κ2) is 9.24. The highest BCUT2D eigenvalue weighted by molar-refractivity contribution is 7.89. The highest BCUT2D eigenvalue weighted by Gasteiger charge is 2.15. The SMILES string of the molecule is CCOc1ccc(S(=O)(=O)NCCC(=O)NCC(C)C(=O)O)cc1. The number of carboxylic acid groups (broad SMARTS) is 1. The molecule has 3 N–H and O–H groups in total. The van der Waals surface area contributed by atoms with Gasteiger partial charge in [0.15, 0.2) is 0 Å². The maximum Gasteiger partial charge on any atom is 0.308 e. The number of hydrogen-bond donors (Lipinski definition) is 3. The predicted molar refractivity (Wildman–Crippen MR) is 87.2 cm³/mol. The molecule has 8 nitrogen and oxygen atoms in total. The quantitative estimate of drug-likeness (QED) is 0.563. The van der Waals surface area contributed by atoms with Gasteiger partial charge in [-0.3, -0.25) is 9.59 Å². The van der Waals surface area contributed by atoms with Crippen molar-refractivity contribution in [2.75, 3.05) is 19.7 Å². The number of amides is 1. The molecule has 0 spiro atoms. The van der Waals surface area contributed by atoms with E-state index in [-0.39, 0.29) is 24.4 Å². The number of carbonyl (C=O) groups is 2. The van der Waals surface area contributed by atoms with E-state index in [4.69, 9.17) is 9.84 Å². The van der Waals surface area contributed by atoms with Crippen LogP contribution in [0.5, 0.6) is 5.75 Å². The molecule has 0 fully saturated rings. The van der Waals surface area contributed by atoms with E-state index in [0.29, 0.717) is 12.4 Å². The Balaban J connectivity index is 2.45. The minimum Gasteiger partial charge on any atom is -0.494 e. The van der Waals surface area contributed by atoms with Crippen molar-refractivity contribution in [3.05, 3.63) is 24.3 Å². The smallest absolute Gasteiger partial charge is 0.308 e. The molecular weight excluding hydrogens is 336 g/mol. The van der Waals surface area contributed by atoms with Crippen LogP contribution in [-0.2, 0) is 19.6 Å². The summed E-state index contributed by atoms with van der Waals surface area (Å²) in [5.41, 5.74) is 0. The van der Waals surface area contributed by atoms with Gasteiger partial charge in [-0.05, 0) is 31.2 Å². The topological polar surface area (TPSA) is 122 Å². The molecule has 0 saturated carbocycles. The van der Waals surface area contributed by atoms with E-state index in [1.54, 1.807) is 12.1 Å². The number of carbonyl (C=O) groups excluding carboxylic acids is 1. The number of aliphatic carboxylic acids is 1. The third-order valence-electron chi connectivity index (χ3n) is 3.12. The van der Waals surface area contributed by atoms with Crippen LogP contribution in [0.2, 0.25) is 0 Å². The fourth-order valence-corrected chi connectivity index (χ4v) is 2.74. The van der Waals surface area contributed by atoms with E-state index in [1.807, 2.05) is 6.92 Å². The third-order valence-corrected chi connectivity index (χ3v) is 4.59. The lowest BCUT2D eigenvalue weighted by Crippen LogP contribution is -2.34. The van der Waals surface area contributed by atoms with E-state index < -0.39 is 27.8 Å². The first-order valence-electron chi connectivity index (χ1n) is 7.48. The second-order valence-electron chi connectivity index (χ2n) is 5.10. The Morgan fingerprint density at radius 2 is 1.88 bits per heavy atom. The first-order valence-corrected chi connectivity index (χ1v) is 8.96. The van der Waals surface area contributed by atoms with Gasteiger partial charge in [-0.15, -0.1) is 0 Å². The van der Waals surface area contributed by atoms with Crippen LogP contribution in [-0.4, -0.2) is 45.1 Å². The molecule has 0 bridgehead atoms. The molecule has 1 unspecified atom stereocenters. The molecule has 0 saturated heterocycles. The van der Waals surface area contributed by atoms with Crippen LogP contribution in [0.15, 0.2) is 29.2 Å². The summed E-state index contributed by atoms with van der Waals surface area (Å²) < 4.78 is 31.7. The van der Waals surface area contributed by atoms with Gasteiger partial charge in [0.05, 0.1) is 17.4 Å². The van der Waals surface area contributed by atoms with Crippen molar-refractivity contribution in [1.82, 2.24) is 10.0 Å². The van der Waals surface area contributed by atoms with E-state index >= 15 is 0 Å². The van der Waals surface area contributed by atoms with Crippen LogP contribution >= 0.6 is 0 Å². The van der Waals surface area contributed by atoms with Gasteiger partial charge in [-0.2, -0.15) is 0 Å². The average Bonchev–Trinajstić information content (AvgIpc) is 2.53. The lowest BCUT2D eigenvalue weighted by molar-refractivity contribution is -0.141. The highest BCUT2D eigenvalue weighted by atomic mass is 32.2. The van der Waals surface area contributed by atoms with Gasteiger partial charge in [0.1, 0.15) is 5.75 Å². The molecule has 1 aromatic rings. The van der Waals surface area contributed by atoms with Crippen molar-refractivity contribution in [3.63, 3.8) is 0 Å². The normalized spacial score (nSPS) is 12.4. The fourth-order valence-electron chi connectivity index (χ4n) is 1.71. The molecule has 0 aliphatic heterocycles. The Hall–Kier alpha value is -2.13. The van der Waals surface area contributed by atoms with Gasteiger partial charge in [0.25, 0.3) is 0 Å². The molecule has 0 aliphatic carbocycles. The van der Waals surface area contributed by atoms with E-state index in [9.17, 15) is 18.0 Å². The molecule has 0 aliphatic rings. The second-order valence-corrected chi connectivity index (χ2v) is 6.86. The summed E-state index contributed by atoms with van der Waals surface area (Å²) in [5.74, 6) is -1.55. The Morgan fingerprint density at radius 3 is 2.42 bits per heavy atom. The van der Waals surface area contributed by atoms with Gasteiger partial charge in [-0.1, -0.05) is 6.92 Å². The predicted octanol–water partition coefficient (Wildman–Crippen LogP) is 0.591. The molecular formula is C15H22N2O6S. The number of hydrogen-bond acceptors (Lipinski definition) is 5. The lowest BCUT2D eigenvalue weighted by atomic mass is 10.2. The first kappa shape index (κ1) is 19.9. The van der Waals surface area contributed by atoms with Crippen molar-refractivity contribution < 1.29 is 27.9 Å². The van der Waals surface area contributed by atoms with Gasteiger partial charge in [0.2, 0.25) is 15.9 Å². The number of sulfonamides is 1. The fraction of sp³-hybridized carbons (Fsp3) is 0.467. The lowest BCUT2D eigenvalue weighted by Gasteiger charge is -2.10. The Bertz CT molecular complexity index is 657. The zero-order chi connectivity index (χ0) is 18.2. The zero-order valence-corrected chi connectivity index (χ0v) is 14.4. The Labute approximate surface area is 141 Å². The summed E-state index contributed by atoms with van der Waals surface area (Å²) in [4.78, 5) is 22.3. The highest BCUT2D eigenvalue weighted by Crippen LogP contribution is 2.15. The molecule has 24 heavy (non-hydrogen) atoms. The molecule has 9 heteroatoms. The zero-order valence-electron chi connectivity index (χ0n) is 13.6. The van der Waals surface area contributed by atoms with Gasteiger partial charge >= 0.3 is 5.97 Å². The molecule has 134 valence electrons. The minimum atomic E-state index is -3.71. The number of rotatable bonds is 10. The Kier molecular flexibility index (Phi) is 7.66. The van der Waals surface area contributed by atoms with Gasteiger partial charge in [0, 0.05) is 19.5 Å². The van der Waals surface area contributed by atoms with Crippen LogP contribution in [0, 0.1) is 5.92 Å². The summed E-state index contributed by atoms with van der Waals surface area (Å²) in [6, 6.07) is 5.94. The maximum absolute atomic E-state index is 12.1. The third kappa shape index (κ3) is 6.55. The van der Waals surface area contributed by atoms with E-state index in [2.05, 4.69) is 10.0 Å². The summed E-state index contributed by atoms with van der Waals surface area (Å²) in [5, 5.41) is 11.1. The molecule has 0 radical (unpaired) electrons. The van der Waals surface area contributed by atoms with Crippen molar-refractivity contribution in [2.24, 2.45) is 5.92 Å². The van der Waals surface area contributed by atoms with Crippen LogP contribution in [0.25, 0.3) is 0 Å². The largest absolute Gasteiger partial charge is 0.494 e.